The number of carbonyl (C=O) groups excluding carboxylic acids is 2. The van der Waals surface area contributed by atoms with Gasteiger partial charge in [0.05, 0.1) is 0 Å². The maximum atomic E-state index is 13.0. The summed E-state index contributed by atoms with van der Waals surface area (Å²) in [7, 11) is -3.72. The third-order valence-corrected chi connectivity index (χ3v) is 9.01. The van der Waals surface area contributed by atoms with Gasteiger partial charge < -0.3 is 10.6 Å². The highest BCUT2D eigenvalue weighted by Crippen LogP contribution is 2.29. The van der Waals surface area contributed by atoms with Crippen molar-refractivity contribution in [1.29, 1.82) is 0 Å². The SMILES string of the molecule is Cc1ccc(C(=O)NC2CC2)cc1NC(=O)c1sccc1S(=O)(=O)N1CCSCC1. The van der Waals surface area contributed by atoms with E-state index < -0.39 is 15.9 Å². The molecule has 7 nitrogen and oxygen atoms in total. The van der Waals surface area contributed by atoms with E-state index in [0.29, 0.717) is 24.3 Å². The normalized spacial score (nSPS) is 17.5. The van der Waals surface area contributed by atoms with Crippen molar-refractivity contribution in [3.05, 3.63) is 45.6 Å². The number of anilines is 1. The zero-order chi connectivity index (χ0) is 21.3. The standard InChI is InChI=1S/C20H23N3O4S3/c1-13-2-3-14(19(24)21-15-4-5-15)12-16(13)22-20(25)18-17(6-9-29-18)30(26,27)23-7-10-28-11-8-23/h2-3,6,9,12,15H,4-5,7-8,10-11H2,1H3,(H,21,24)(H,22,25). The Morgan fingerprint density at radius 1 is 1.10 bits per heavy atom. The Bertz CT molecular complexity index is 1070. The molecule has 4 rings (SSSR count). The van der Waals surface area contributed by atoms with Crippen LogP contribution >= 0.6 is 23.1 Å². The molecule has 2 amide bonds. The van der Waals surface area contributed by atoms with E-state index in [1.54, 1.807) is 35.3 Å². The Morgan fingerprint density at radius 2 is 1.83 bits per heavy atom. The molecule has 0 spiro atoms. The van der Waals surface area contributed by atoms with E-state index in [9.17, 15) is 18.0 Å². The molecule has 1 saturated carbocycles. The van der Waals surface area contributed by atoms with Gasteiger partial charge in [0.2, 0.25) is 10.0 Å². The largest absolute Gasteiger partial charge is 0.349 e. The lowest BCUT2D eigenvalue weighted by molar-refractivity contribution is 0.0949. The highest BCUT2D eigenvalue weighted by molar-refractivity contribution is 7.99. The van der Waals surface area contributed by atoms with Gasteiger partial charge in [-0.15, -0.1) is 11.3 Å². The Labute approximate surface area is 184 Å². The molecule has 0 unspecified atom stereocenters. The minimum Gasteiger partial charge on any atom is -0.349 e. The average Bonchev–Trinajstić information content (AvgIpc) is 3.40. The van der Waals surface area contributed by atoms with Crippen LogP contribution in [0.5, 0.6) is 0 Å². The summed E-state index contributed by atoms with van der Waals surface area (Å²) < 4.78 is 27.5. The highest BCUT2D eigenvalue weighted by atomic mass is 32.2. The lowest BCUT2D eigenvalue weighted by Crippen LogP contribution is -2.38. The molecule has 10 heteroatoms. The van der Waals surface area contributed by atoms with E-state index in [1.165, 1.54) is 10.4 Å². The third kappa shape index (κ3) is 4.56. The van der Waals surface area contributed by atoms with Gasteiger partial charge in [-0.25, -0.2) is 8.42 Å². The van der Waals surface area contributed by atoms with Crippen LogP contribution in [-0.4, -0.2) is 55.2 Å². The molecule has 1 saturated heterocycles. The second-order valence-corrected chi connectivity index (χ2v) is 11.4. The van der Waals surface area contributed by atoms with Gasteiger partial charge in [-0.3, -0.25) is 9.59 Å². The number of aryl methyl sites for hydroxylation is 1. The fourth-order valence-corrected chi connectivity index (χ4v) is 7.04. The van der Waals surface area contributed by atoms with Crippen LogP contribution in [0.4, 0.5) is 5.69 Å². The first-order valence-electron chi connectivity index (χ1n) is 9.74. The number of nitrogens with one attached hydrogen (secondary N) is 2. The molecule has 2 fully saturated rings. The molecule has 160 valence electrons. The van der Waals surface area contributed by atoms with Gasteiger partial charge in [0.15, 0.2) is 0 Å². The second kappa shape index (κ2) is 8.70. The second-order valence-electron chi connectivity index (χ2n) is 7.36. The summed E-state index contributed by atoms with van der Waals surface area (Å²) in [4.78, 5) is 25.5. The summed E-state index contributed by atoms with van der Waals surface area (Å²) in [6, 6.07) is 6.86. The number of carbonyl (C=O) groups is 2. The van der Waals surface area contributed by atoms with E-state index in [2.05, 4.69) is 10.6 Å². The van der Waals surface area contributed by atoms with Crippen LogP contribution < -0.4 is 10.6 Å². The first kappa shape index (κ1) is 21.4. The Balaban J connectivity index is 1.55. The number of benzene rings is 1. The summed E-state index contributed by atoms with van der Waals surface area (Å²) in [5.74, 6) is 0.841. The van der Waals surface area contributed by atoms with Crippen molar-refractivity contribution in [2.24, 2.45) is 0 Å². The molecular weight excluding hydrogens is 442 g/mol. The van der Waals surface area contributed by atoms with Gasteiger partial charge in [-0.05, 0) is 48.9 Å². The average molecular weight is 466 g/mol. The number of hydrogen-bond donors (Lipinski definition) is 2. The predicted octanol–water partition coefficient (Wildman–Crippen LogP) is 2.94. The van der Waals surface area contributed by atoms with Crippen molar-refractivity contribution >= 4 is 50.6 Å². The van der Waals surface area contributed by atoms with Crippen LogP contribution in [0.2, 0.25) is 0 Å². The van der Waals surface area contributed by atoms with Crippen molar-refractivity contribution < 1.29 is 18.0 Å². The monoisotopic (exact) mass is 465 g/mol. The van der Waals surface area contributed by atoms with Gasteiger partial charge in [0.25, 0.3) is 11.8 Å². The van der Waals surface area contributed by atoms with Crippen molar-refractivity contribution in [3.63, 3.8) is 0 Å². The van der Waals surface area contributed by atoms with Crippen LogP contribution in [0.15, 0.2) is 34.5 Å². The van der Waals surface area contributed by atoms with E-state index in [-0.39, 0.29) is 21.7 Å². The predicted molar refractivity (Wildman–Crippen MR) is 120 cm³/mol. The van der Waals surface area contributed by atoms with Crippen molar-refractivity contribution in [2.75, 3.05) is 29.9 Å². The number of thiophene rings is 1. The van der Waals surface area contributed by atoms with Gasteiger partial charge in [-0.1, -0.05) is 6.07 Å². The highest BCUT2D eigenvalue weighted by Gasteiger charge is 2.31. The maximum absolute atomic E-state index is 13.0. The summed E-state index contributed by atoms with van der Waals surface area (Å²) >= 11 is 2.82. The molecule has 1 aromatic heterocycles. The third-order valence-electron chi connectivity index (χ3n) is 5.08. The lowest BCUT2D eigenvalue weighted by Gasteiger charge is -2.25. The minimum atomic E-state index is -3.72. The number of rotatable bonds is 6. The number of sulfonamides is 1. The zero-order valence-corrected chi connectivity index (χ0v) is 19.0. The van der Waals surface area contributed by atoms with Gasteiger partial charge in [0.1, 0.15) is 9.77 Å². The number of thioether (sulfide) groups is 1. The lowest BCUT2D eigenvalue weighted by atomic mass is 10.1. The van der Waals surface area contributed by atoms with Gasteiger partial charge >= 0.3 is 0 Å². The first-order valence-corrected chi connectivity index (χ1v) is 13.2. The molecule has 1 aliphatic heterocycles. The fourth-order valence-electron chi connectivity index (χ4n) is 3.17. The van der Waals surface area contributed by atoms with E-state index in [1.807, 2.05) is 6.92 Å². The van der Waals surface area contributed by atoms with Crippen LogP contribution in [-0.2, 0) is 10.0 Å². The quantitative estimate of drug-likeness (QED) is 0.684. The molecule has 2 aliphatic rings. The Hall–Kier alpha value is -1.88. The minimum absolute atomic E-state index is 0.0391. The molecule has 1 aliphatic carbocycles. The van der Waals surface area contributed by atoms with Gasteiger partial charge in [-0.2, -0.15) is 16.1 Å². The zero-order valence-electron chi connectivity index (χ0n) is 16.5. The molecule has 2 aromatic rings. The van der Waals surface area contributed by atoms with Crippen molar-refractivity contribution in [3.8, 4) is 0 Å². The number of hydrogen-bond acceptors (Lipinski definition) is 6. The molecule has 0 bridgehead atoms. The Morgan fingerprint density at radius 3 is 2.53 bits per heavy atom. The maximum Gasteiger partial charge on any atom is 0.267 e. The first-order chi connectivity index (χ1) is 14.4. The van der Waals surface area contributed by atoms with Gasteiger partial charge in [0, 0.05) is 41.9 Å². The Kier molecular flexibility index (Phi) is 6.19. The van der Waals surface area contributed by atoms with Crippen LogP contribution in [0.3, 0.4) is 0 Å². The van der Waals surface area contributed by atoms with E-state index in [4.69, 9.17) is 0 Å². The summed E-state index contributed by atoms with van der Waals surface area (Å²) in [5, 5.41) is 7.34. The van der Waals surface area contributed by atoms with Crippen LogP contribution in [0.1, 0.15) is 38.4 Å². The van der Waals surface area contributed by atoms with Crippen LogP contribution in [0, 0.1) is 6.92 Å². The summed E-state index contributed by atoms with van der Waals surface area (Å²) in [6.07, 6.45) is 1.99. The summed E-state index contributed by atoms with van der Waals surface area (Å²) in [6.45, 7) is 2.72. The fraction of sp³-hybridized carbons (Fsp3) is 0.400. The van der Waals surface area contributed by atoms with E-state index >= 15 is 0 Å². The van der Waals surface area contributed by atoms with Crippen molar-refractivity contribution in [2.45, 2.75) is 30.7 Å². The number of nitrogens with zero attached hydrogens (tertiary/aromatic N) is 1. The number of amides is 2. The smallest absolute Gasteiger partial charge is 0.267 e. The molecule has 0 radical (unpaired) electrons. The molecule has 2 heterocycles. The topological polar surface area (TPSA) is 95.6 Å². The summed E-state index contributed by atoms with van der Waals surface area (Å²) in [5.41, 5.74) is 1.75. The van der Waals surface area contributed by atoms with Crippen LogP contribution in [0.25, 0.3) is 0 Å². The van der Waals surface area contributed by atoms with Crippen molar-refractivity contribution in [1.82, 2.24) is 9.62 Å². The molecular formula is C20H23N3O4S3. The molecule has 30 heavy (non-hydrogen) atoms. The van der Waals surface area contributed by atoms with E-state index in [0.717, 1.165) is 41.2 Å². The molecule has 1 aromatic carbocycles. The molecule has 0 atom stereocenters. The molecule has 2 N–H and O–H groups in total.